The molecule has 0 bridgehead atoms. The molecule has 18 heavy (non-hydrogen) atoms. The molecule has 2 atom stereocenters. The second-order valence-corrected chi connectivity index (χ2v) is 5.02. The van der Waals surface area contributed by atoms with Gasteiger partial charge in [0.25, 0.3) is 5.91 Å². The van der Waals surface area contributed by atoms with Crippen LogP contribution in [0.3, 0.4) is 0 Å². The Morgan fingerprint density at radius 1 is 1.44 bits per heavy atom. The largest absolute Gasteiger partial charge is 0.364 e. The van der Waals surface area contributed by atoms with E-state index >= 15 is 0 Å². The molecule has 0 saturated heterocycles. The molecule has 0 unspecified atom stereocenters. The molecule has 0 aromatic carbocycles. The average Bonchev–Trinajstić information content (AvgIpc) is 2.28. The topological polar surface area (TPSA) is 62.0 Å². The van der Waals surface area contributed by atoms with Crippen LogP contribution in [0.15, 0.2) is 17.1 Å². The Kier molecular flexibility index (Phi) is 5.13. The summed E-state index contributed by atoms with van der Waals surface area (Å²) in [6, 6.07) is 1.52. The first-order valence-corrected chi connectivity index (χ1v) is 6.44. The number of nitrogens with one attached hydrogen (secondary N) is 2. The molecule has 1 amide bonds. The van der Waals surface area contributed by atoms with Gasteiger partial charge in [-0.2, -0.15) is 0 Å². The van der Waals surface area contributed by atoms with Crippen LogP contribution in [-0.4, -0.2) is 16.9 Å². The van der Waals surface area contributed by atoms with E-state index in [2.05, 4.69) is 24.1 Å². The van der Waals surface area contributed by atoms with Gasteiger partial charge in [0.05, 0.1) is 0 Å². The highest BCUT2D eigenvalue weighted by Crippen LogP contribution is 2.09. The van der Waals surface area contributed by atoms with Gasteiger partial charge in [-0.25, -0.2) is 0 Å². The lowest BCUT2D eigenvalue weighted by Crippen LogP contribution is -2.36. The van der Waals surface area contributed by atoms with E-state index in [0.717, 1.165) is 18.5 Å². The number of aromatic nitrogens is 1. The Morgan fingerprint density at radius 3 is 2.67 bits per heavy atom. The predicted molar refractivity (Wildman–Crippen MR) is 72.8 cm³/mol. The van der Waals surface area contributed by atoms with Crippen molar-refractivity contribution in [2.45, 2.75) is 46.6 Å². The number of carbonyl (C=O) groups is 1. The fraction of sp³-hybridized carbons (Fsp3) is 0.571. The zero-order valence-electron chi connectivity index (χ0n) is 11.5. The Balaban J connectivity index is 2.68. The Morgan fingerprint density at radius 2 is 2.11 bits per heavy atom. The molecule has 0 saturated carbocycles. The molecule has 0 aliphatic rings. The quantitative estimate of drug-likeness (QED) is 0.841. The van der Waals surface area contributed by atoms with Crippen molar-refractivity contribution in [1.29, 1.82) is 0 Å². The third kappa shape index (κ3) is 4.02. The molecule has 1 aromatic rings. The number of hydrogen-bond donors (Lipinski definition) is 2. The summed E-state index contributed by atoms with van der Waals surface area (Å²) in [7, 11) is 0. The van der Waals surface area contributed by atoms with Crippen LogP contribution in [0.4, 0.5) is 0 Å². The van der Waals surface area contributed by atoms with Crippen LogP contribution in [-0.2, 0) is 0 Å². The van der Waals surface area contributed by atoms with E-state index in [4.69, 9.17) is 0 Å². The molecule has 4 nitrogen and oxygen atoms in total. The normalized spacial score (nSPS) is 14.0. The van der Waals surface area contributed by atoms with Gasteiger partial charge in [-0.1, -0.05) is 20.3 Å². The first kappa shape index (κ1) is 14.5. The zero-order valence-corrected chi connectivity index (χ0v) is 11.5. The third-order valence-electron chi connectivity index (χ3n) is 3.13. The molecule has 0 aliphatic heterocycles. The predicted octanol–water partition coefficient (Wildman–Crippen LogP) is 2.24. The molecule has 2 N–H and O–H groups in total. The summed E-state index contributed by atoms with van der Waals surface area (Å²) >= 11 is 0. The van der Waals surface area contributed by atoms with Crippen molar-refractivity contribution in [2.75, 3.05) is 0 Å². The number of aryl methyl sites for hydroxylation is 1. The summed E-state index contributed by atoms with van der Waals surface area (Å²) < 4.78 is 0. The van der Waals surface area contributed by atoms with Crippen LogP contribution in [0, 0.1) is 12.8 Å². The monoisotopic (exact) mass is 250 g/mol. The molecule has 1 heterocycles. The zero-order chi connectivity index (χ0) is 13.7. The number of aromatic amines is 1. The highest BCUT2D eigenvalue weighted by Gasteiger charge is 2.14. The smallest absolute Gasteiger partial charge is 0.256 e. The molecule has 100 valence electrons. The van der Waals surface area contributed by atoms with Crippen molar-refractivity contribution < 1.29 is 4.79 Å². The maximum absolute atomic E-state index is 11.9. The number of carbonyl (C=O) groups excluding carboxylic acids is 1. The van der Waals surface area contributed by atoms with Crippen LogP contribution < -0.4 is 10.7 Å². The van der Waals surface area contributed by atoms with E-state index in [1.54, 1.807) is 6.92 Å². The van der Waals surface area contributed by atoms with Crippen molar-refractivity contribution >= 4 is 5.91 Å². The van der Waals surface area contributed by atoms with E-state index in [1.165, 1.54) is 12.3 Å². The summed E-state index contributed by atoms with van der Waals surface area (Å²) in [5.74, 6) is 0.267. The van der Waals surface area contributed by atoms with Crippen LogP contribution in [0.5, 0.6) is 0 Å². The second kappa shape index (κ2) is 6.38. The van der Waals surface area contributed by atoms with Crippen molar-refractivity contribution in [3.05, 3.63) is 33.7 Å². The number of hydrogen-bond acceptors (Lipinski definition) is 2. The van der Waals surface area contributed by atoms with E-state index in [9.17, 15) is 9.59 Å². The summed E-state index contributed by atoms with van der Waals surface area (Å²) in [6.45, 7) is 8.03. The highest BCUT2D eigenvalue weighted by molar-refractivity contribution is 5.93. The number of rotatable bonds is 5. The van der Waals surface area contributed by atoms with Gasteiger partial charge in [0, 0.05) is 24.0 Å². The molecule has 0 radical (unpaired) electrons. The van der Waals surface area contributed by atoms with Crippen LogP contribution in [0.2, 0.25) is 0 Å². The van der Waals surface area contributed by atoms with Gasteiger partial charge in [0.15, 0.2) is 5.43 Å². The Hall–Kier alpha value is -1.58. The number of amides is 1. The first-order valence-electron chi connectivity index (χ1n) is 6.44. The Bertz CT molecular complexity index is 465. The number of H-pyrrole nitrogens is 1. The van der Waals surface area contributed by atoms with Crippen LogP contribution in [0.1, 0.15) is 49.7 Å². The molecular formula is C14H22N2O2. The molecule has 0 fully saturated rings. The van der Waals surface area contributed by atoms with Gasteiger partial charge in [-0.05, 0) is 26.2 Å². The van der Waals surface area contributed by atoms with Crippen LogP contribution in [0.25, 0.3) is 0 Å². The number of pyridine rings is 1. The molecular weight excluding hydrogens is 228 g/mol. The molecule has 4 heteroatoms. The maximum Gasteiger partial charge on any atom is 0.256 e. The standard InChI is InChI=1S/C14H22N2O2/c1-5-9(2)6-11(4)16-14(18)12-8-15-10(3)7-13(12)17/h7-9,11H,5-6H2,1-4H3,(H,15,17)(H,16,18)/t9-,11+/m0/s1. The van der Waals surface area contributed by atoms with E-state index in [1.807, 2.05) is 6.92 Å². The van der Waals surface area contributed by atoms with Gasteiger partial charge in [0.2, 0.25) is 0 Å². The van der Waals surface area contributed by atoms with Gasteiger partial charge < -0.3 is 10.3 Å². The lowest BCUT2D eigenvalue weighted by Gasteiger charge is -2.17. The summed E-state index contributed by atoms with van der Waals surface area (Å²) in [5, 5.41) is 2.86. The minimum absolute atomic E-state index is 0.0770. The van der Waals surface area contributed by atoms with E-state index < -0.39 is 0 Å². The lowest BCUT2D eigenvalue weighted by atomic mass is 10.0. The minimum Gasteiger partial charge on any atom is -0.364 e. The Labute approximate surface area is 108 Å². The molecule has 0 spiro atoms. The van der Waals surface area contributed by atoms with E-state index in [-0.39, 0.29) is 22.9 Å². The lowest BCUT2D eigenvalue weighted by molar-refractivity contribution is 0.0934. The summed E-state index contributed by atoms with van der Waals surface area (Å²) in [5.41, 5.74) is 0.695. The highest BCUT2D eigenvalue weighted by atomic mass is 16.2. The third-order valence-corrected chi connectivity index (χ3v) is 3.13. The van der Waals surface area contributed by atoms with Crippen molar-refractivity contribution in [2.24, 2.45) is 5.92 Å². The van der Waals surface area contributed by atoms with Gasteiger partial charge >= 0.3 is 0 Å². The van der Waals surface area contributed by atoms with Gasteiger partial charge in [-0.3, -0.25) is 9.59 Å². The van der Waals surface area contributed by atoms with Crippen molar-refractivity contribution in [1.82, 2.24) is 10.3 Å². The molecule has 1 aromatic heterocycles. The summed E-state index contributed by atoms with van der Waals surface area (Å²) in [6.07, 6.45) is 3.49. The first-order chi connectivity index (χ1) is 8.43. The molecule has 1 rings (SSSR count). The van der Waals surface area contributed by atoms with Gasteiger partial charge in [-0.15, -0.1) is 0 Å². The fourth-order valence-corrected chi connectivity index (χ4v) is 1.88. The van der Waals surface area contributed by atoms with Gasteiger partial charge in [0.1, 0.15) is 5.56 Å². The van der Waals surface area contributed by atoms with Crippen molar-refractivity contribution in [3.8, 4) is 0 Å². The minimum atomic E-state index is -0.299. The second-order valence-electron chi connectivity index (χ2n) is 5.02. The SMILES string of the molecule is CC[C@H](C)C[C@@H](C)NC(=O)c1c[nH]c(C)cc1=O. The fourth-order valence-electron chi connectivity index (χ4n) is 1.88. The average molecular weight is 250 g/mol. The van der Waals surface area contributed by atoms with E-state index in [0.29, 0.717) is 5.92 Å². The van der Waals surface area contributed by atoms with Crippen LogP contribution >= 0.6 is 0 Å². The van der Waals surface area contributed by atoms with Crippen molar-refractivity contribution in [3.63, 3.8) is 0 Å². The maximum atomic E-state index is 11.9. The molecule has 0 aliphatic carbocycles. The summed E-state index contributed by atoms with van der Waals surface area (Å²) in [4.78, 5) is 26.5.